The van der Waals surface area contributed by atoms with E-state index in [0.29, 0.717) is 32.8 Å². The van der Waals surface area contributed by atoms with Crippen molar-refractivity contribution in [3.05, 3.63) is 140 Å². The van der Waals surface area contributed by atoms with Crippen LogP contribution in [0.1, 0.15) is 63.7 Å². The maximum Gasteiger partial charge on any atom is 0.408 e. The highest BCUT2D eigenvalue weighted by molar-refractivity contribution is 6.31. The van der Waals surface area contributed by atoms with Gasteiger partial charge >= 0.3 is 6.09 Å². The molecule has 18 nitrogen and oxygen atoms in total. The first-order valence-corrected chi connectivity index (χ1v) is 22.1. The zero-order valence-electron chi connectivity index (χ0n) is 38.5. The third-order valence-electron chi connectivity index (χ3n) is 10.7. The third kappa shape index (κ3) is 12.3. The number of hydrogen-bond donors (Lipinski definition) is 6. The molecule has 4 aromatic carbocycles. The molecule has 2 aliphatic rings. The fourth-order valence-electron chi connectivity index (χ4n) is 7.28. The molecule has 23 heteroatoms. The highest BCUT2D eigenvalue weighted by Gasteiger charge is 2.29. The van der Waals surface area contributed by atoms with Crippen molar-refractivity contribution in [3.63, 3.8) is 0 Å². The normalized spacial score (nSPS) is 12.3. The molecule has 2 aliphatic heterocycles. The van der Waals surface area contributed by atoms with Gasteiger partial charge in [-0.05, 0) is 81.4 Å². The zero-order chi connectivity index (χ0) is 49.7. The monoisotopic (exact) mass is 1020 g/mol. The minimum absolute atomic E-state index is 0. The average Bonchev–Trinajstić information content (AvgIpc) is 3.70. The van der Waals surface area contributed by atoms with E-state index >= 15 is 0 Å². The molecule has 2 aromatic heterocycles. The topological polar surface area (TPSA) is 223 Å². The highest BCUT2D eigenvalue weighted by Crippen LogP contribution is 2.39. The second-order valence-electron chi connectivity index (χ2n) is 16.9. The van der Waals surface area contributed by atoms with Crippen molar-refractivity contribution in [1.29, 1.82) is 0 Å². The van der Waals surface area contributed by atoms with E-state index in [9.17, 15) is 32.8 Å². The summed E-state index contributed by atoms with van der Waals surface area (Å²) in [4.78, 5) is 65.1. The van der Waals surface area contributed by atoms with Gasteiger partial charge in [0.1, 0.15) is 35.4 Å². The van der Waals surface area contributed by atoms with Crippen molar-refractivity contribution in [3.8, 4) is 0 Å². The van der Waals surface area contributed by atoms with Gasteiger partial charge in [0, 0.05) is 70.6 Å². The lowest BCUT2D eigenvalue weighted by molar-refractivity contribution is -0.121. The van der Waals surface area contributed by atoms with E-state index in [1.807, 2.05) is 0 Å². The smallest absolute Gasteiger partial charge is 0.408 e. The molecule has 4 heterocycles. The van der Waals surface area contributed by atoms with Gasteiger partial charge in [-0.1, -0.05) is 35.3 Å². The minimum Gasteiger partial charge on any atom is -0.444 e. The van der Waals surface area contributed by atoms with Crippen LogP contribution in [-0.2, 0) is 54.6 Å². The number of rotatable bonds is 9. The molecule has 6 aromatic rings. The Morgan fingerprint density at radius 2 is 1.13 bits per heavy atom. The number of carbonyl (C=O) groups excluding carboxylic acids is 5. The molecule has 70 heavy (non-hydrogen) atoms. The predicted octanol–water partition coefficient (Wildman–Crippen LogP) is 7.37. The van der Waals surface area contributed by atoms with Crippen LogP contribution in [0.5, 0.6) is 0 Å². The second kappa shape index (κ2) is 22.0. The first kappa shape index (κ1) is 52.1. The quantitative estimate of drug-likeness (QED) is 0.0839. The van der Waals surface area contributed by atoms with E-state index in [2.05, 4.69) is 36.8 Å². The summed E-state index contributed by atoms with van der Waals surface area (Å²) in [5.41, 5.74) is 9.38. The van der Waals surface area contributed by atoms with Gasteiger partial charge in [0.25, 0.3) is 11.8 Å². The summed E-state index contributed by atoms with van der Waals surface area (Å²) in [5.74, 6) is -1.47. The Morgan fingerprint density at radius 3 is 1.54 bits per heavy atom. The van der Waals surface area contributed by atoms with Gasteiger partial charge in [-0.3, -0.25) is 28.5 Å². The first-order valence-electron chi connectivity index (χ1n) is 21.3. The lowest BCUT2D eigenvalue weighted by Crippen LogP contribution is -2.39. The molecular weight excluding hydrogens is 973 g/mol. The Kier molecular flexibility index (Phi) is 16.4. The number of nitrogens with two attached hydrogens (primary N) is 1. The molecule has 7 N–H and O–H groups in total. The lowest BCUT2D eigenvalue weighted by atomic mass is 10.1. The summed E-state index contributed by atoms with van der Waals surface area (Å²) in [6.45, 7) is 4.95. The summed E-state index contributed by atoms with van der Waals surface area (Å²) in [6, 6.07) is 18.6. The van der Waals surface area contributed by atoms with Gasteiger partial charge in [-0.2, -0.15) is 10.2 Å². The Balaban J connectivity index is 0.000000231. The number of aromatic nitrogens is 4. The van der Waals surface area contributed by atoms with Crippen LogP contribution in [0.4, 0.5) is 48.0 Å². The van der Waals surface area contributed by atoms with Crippen molar-refractivity contribution < 1.29 is 37.5 Å². The number of ether oxygens (including phenoxy) is 1. The first-order chi connectivity index (χ1) is 32.8. The number of aryl methyl sites for hydroxylation is 2. The Morgan fingerprint density at radius 1 is 0.686 bits per heavy atom. The second-order valence-corrected chi connectivity index (χ2v) is 17.7. The molecular formula is C47H49Cl3F2N12O6. The molecule has 0 fully saturated rings. The number of hydrogen-bond acceptors (Lipinski definition) is 11. The van der Waals surface area contributed by atoms with Crippen molar-refractivity contribution in [1.82, 2.24) is 35.5 Å². The van der Waals surface area contributed by atoms with E-state index in [1.165, 1.54) is 35.2 Å². The molecule has 0 aliphatic carbocycles. The van der Waals surface area contributed by atoms with E-state index in [-0.39, 0.29) is 85.7 Å². The van der Waals surface area contributed by atoms with Gasteiger partial charge in [0.15, 0.2) is 0 Å². The number of nitrogens with one attached hydrogen (secondary N) is 5. The van der Waals surface area contributed by atoms with Crippen LogP contribution < -0.4 is 42.1 Å². The predicted molar refractivity (Wildman–Crippen MR) is 264 cm³/mol. The van der Waals surface area contributed by atoms with Crippen LogP contribution in [-0.4, -0.2) is 68.0 Å². The lowest BCUT2D eigenvalue weighted by Gasteiger charge is -2.23. The van der Waals surface area contributed by atoms with Gasteiger partial charge < -0.3 is 46.9 Å². The van der Waals surface area contributed by atoms with Gasteiger partial charge in [0.2, 0.25) is 11.8 Å². The number of fused-ring (bicyclic) bond motifs is 4. The number of benzene rings is 4. The average molecular weight is 1020 g/mol. The molecule has 8 rings (SSSR count). The number of halogens is 5. The molecule has 0 saturated carbocycles. The van der Waals surface area contributed by atoms with Crippen molar-refractivity contribution in [2.45, 2.75) is 52.6 Å². The summed E-state index contributed by atoms with van der Waals surface area (Å²) in [5, 5.41) is 23.5. The number of amides is 5. The third-order valence-corrected chi connectivity index (χ3v) is 11.2. The molecule has 0 spiro atoms. The summed E-state index contributed by atoms with van der Waals surface area (Å²) in [6.07, 6.45) is 2.62. The molecule has 0 bridgehead atoms. The maximum atomic E-state index is 14.9. The summed E-state index contributed by atoms with van der Waals surface area (Å²) < 4.78 is 38.0. The van der Waals surface area contributed by atoms with Crippen molar-refractivity contribution in [2.24, 2.45) is 19.8 Å². The number of anilines is 6. The van der Waals surface area contributed by atoms with Crippen LogP contribution in [0.15, 0.2) is 85.2 Å². The van der Waals surface area contributed by atoms with E-state index in [1.54, 1.807) is 97.9 Å². The van der Waals surface area contributed by atoms with Crippen LogP contribution in [0.25, 0.3) is 0 Å². The fourth-order valence-corrected chi connectivity index (χ4v) is 7.63. The molecule has 0 saturated heterocycles. The maximum absolute atomic E-state index is 14.9. The van der Waals surface area contributed by atoms with E-state index in [0.717, 1.165) is 28.8 Å². The Bertz CT molecular complexity index is 2980. The highest BCUT2D eigenvalue weighted by atomic mass is 35.5. The van der Waals surface area contributed by atoms with Crippen LogP contribution >= 0.6 is 35.6 Å². The van der Waals surface area contributed by atoms with Gasteiger partial charge in [-0.25, -0.2) is 13.6 Å². The standard InChI is InChI=1S/C26H28ClFN6O4.C21H20ClFN6O2.ClH/c1-26(2,3)38-25(37)30-13-22(35)29-11-16-6-5-15(9-19(16)28)24(36)34-14-17-12-31-33(4)23(17)32-20-10-18(27)7-8-21(20)34;1-28-20-14(10-26-28)11-29(18-5-4-15(22)7-17(18)27-20)21(31)12-2-3-13(16(23)6-12)9-25-19(30)8-24;/h5-10,12,32H,11,13-14H2,1-4H3,(H,29,35)(H,30,37);2-7,10,27H,8-9,11,24H2,1H3,(H,25,30);1H. The number of carbonyl (C=O) groups is 5. The summed E-state index contributed by atoms with van der Waals surface area (Å²) in [7, 11) is 3.58. The fraction of sp³-hybridized carbons (Fsp3) is 0.255. The van der Waals surface area contributed by atoms with Crippen LogP contribution in [0, 0.1) is 11.6 Å². The molecule has 0 unspecified atom stereocenters. The van der Waals surface area contributed by atoms with Crippen LogP contribution in [0.3, 0.4) is 0 Å². The van der Waals surface area contributed by atoms with Crippen molar-refractivity contribution >= 4 is 99.7 Å². The minimum atomic E-state index is -0.729. The summed E-state index contributed by atoms with van der Waals surface area (Å²) >= 11 is 12.4. The number of nitrogens with zero attached hydrogens (tertiary/aromatic N) is 6. The molecule has 5 amide bonds. The van der Waals surface area contributed by atoms with E-state index < -0.39 is 35.1 Å². The molecule has 368 valence electrons. The van der Waals surface area contributed by atoms with Gasteiger partial charge in [-0.15, -0.1) is 12.4 Å². The van der Waals surface area contributed by atoms with Crippen molar-refractivity contribution in [2.75, 3.05) is 33.5 Å². The molecule has 0 radical (unpaired) electrons. The van der Waals surface area contributed by atoms with E-state index in [4.69, 9.17) is 33.7 Å². The van der Waals surface area contributed by atoms with Crippen LogP contribution in [0.2, 0.25) is 10.0 Å². The zero-order valence-corrected chi connectivity index (χ0v) is 40.8. The Hall–Kier alpha value is -7.26. The number of alkyl carbamates (subject to hydrolysis) is 1. The van der Waals surface area contributed by atoms with Gasteiger partial charge in [0.05, 0.1) is 54.8 Å². The SMILES string of the molecule is Cl.Cn1ncc2c1Nc1cc(Cl)ccc1N(C(=O)c1ccc(CNC(=O)CN)c(F)c1)C2.Cn1ncc2c1Nc1cc(Cl)ccc1N(C(=O)c1ccc(CNC(=O)CNC(=O)OC(C)(C)C)c(F)c1)C2. The molecule has 0 atom stereocenters. The largest absolute Gasteiger partial charge is 0.444 e. The Labute approximate surface area is 417 Å².